The summed E-state index contributed by atoms with van der Waals surface area (Å²) in [6, 6.07) is 13.7. The summed E-state index contributed by atoms with van der Waals surface area (Å²) in [6.07, 6.45) is 0. The molecule has 0 aliphatic carbocycles. The Balaban J connectivity index is 2.40. The molecular formula is C13H8Br2Cl2. The van der Waals surface area contributed by atoms with E-state index >= 15 is 0 Å². The molecule has 0 heterocycles. The summed E-state index contributed by atoms with van der Waals surface area (Å²) in [6.45, 7) is 0. The zero-order chi connectivity index (χ0) is 12.4. The highest BCUT2D eigenvalue weighted by Gasteiger charge is 2.15. The molecule has 0 radical (unpaired) electrons. The van der Waals surface area contributed by atoms with E-state index in [2.05, 4.69) is 31.9 Å². The summed E-state index contributed by atoms with van der Waals surface area (Å²) in [7, 11) is 0. The smallest absolute Gasteiger partial charge is 0.0659 e. The first-order valence-corrected chi connectivity index (χ1v) is 7.39. The molecule has 0 spiro atoms. The lowest BCUT2D eigenvalue weighted by atomic mass is 10.1. The minimum atomic E-state index is 0.0433. The molecular weight excluding hydrogens is 387 g/mol. The van der Waals surface area contributed by atoms with E-state index in [0.29, 0.717) is 10.0 Å². The maximum absolute atomic E-state index is 6.20. The van der Waals surface area contributed by atoms with Crippen LogP contribution in [-0.2, 0) is 0 Å². The van der Waals surface area contributed by atoms with Crippen molar-refractivity contribution in [1.29, 1.82) is 0 Å². The second-order valence-electron chi connectivity index (χ2n) is 3.56. The molecule has 1 atom stereocenters. The van der Waals surface area contributed by atoms with Gasteiger partial charge >= 0.3 is 0 Å². The Hall–Kier alpha value is -0.0200. The van der Waals surface area contributed by atoms with E-state index in [1.807, 2.05) is 36.4 Å². The number of alkyl halides is 1. The van der Waals surface area contributed by atoms with E-state index in [9.17, 15) is 0 Å². The molecule has 17 heavy (non-hydrogen) atoms. The number of halogens is 4. The number of hydrogen-bond acceptors (Lipinski definition) is 0. The van der Waals surface area contributed by atoms with Gasteiger partial charge in [-0.1, -0.05) is 79.3 Å². The maximum Gasteiger partial charge on any atom is 0.0659 e. The van der Waals surface area contributed by atoms with E-state index in [0.717, 1.165) is 15.6 Å². The predicted octanol–water partition coefficient (Wildman–Crippen LogP) is 6.24. The molecule has 2 aromatic carbocycles. The molecule has 2 rings (SSSR count). The van der Waals surface area contributed by atoms with Gasteiger partial charge in [-0.05, 0) is 29.3 Å². The Morgan fingerprint density at radius 2 is 1.59 bits per heavy atom. The Labute approximate surface area is 127 Å². The van der Waals surface area contributed by atoms with Gasteiger partial charge in [-0.25, -0.2) is 0 Å². The summed E-state index contributed by atoms with van der Waals surface area (Å²) >= 11 is 19.3. The van der Waals surface area contributed by atoms with Crippen LogP contribution < -0.4 is 0 Å². The van der Waals surface area contributed by atoms with E-state index in [-0.39, 0.29) is 4.83 Å². The van der Waals surface area contributed by atoms with E-state index in [4.69, 9.17) is 23.2 Å². The lowest BCUT2D eigenvalue weighted by Gasteiger charge is -2.13. The Kier molecular flexibility index (Phi) is 4.53. The van der Waals surface area contributed by atoms with Crippen LogP contribution in [0.4, 0.5) is 0 Å². The average Bonchev–Trinajstić information content (AvgIpc) is 2.33. The molecule has 0 aliphatic heterocycles. The number of benzene rings is 2. The molecule has 0 nitrogen and oxygen atoms in total. The predicted molar refractivity (Wildman–Crippen MR) is 81.4 cm³/mol. The lowest BCUT2D eigenvalue weighted by Crippen LogP contribution is -1.93. The van der Waals surface area contributed by atoms with Crippen molar-refractivity contribution in [2.45, 2.75) is 4.83 Å². The zero-order valence-corrected chi connectivity index (χ0v) is 13.3. The van der Waals surface area contributed by atoms with E-state index in [1.165, 1.54) is 0 Å². The molecule has 0 bridgehead atoms. The summed E-state index contributed by atoms with van der Waals surface area (Å²) < 4.78 is 1.05. The highest BCUT2D eigenvalue weighted by Crippen LogP contribution is 2.38. The highest BCUT2D eigenvalue weighted by atomic mass is 79.9. The van der Waals surface area contributed by atoms with Crippen molar-refractivity contribution >= 4 is 55.1 Å². The van der Waals surface area contributed by atoms with Gasteiger partial charge in [-0.2, -0.15) is 0 Å². The van der Waals surface area contributed by atoms with Crippen molar-refractivity contribution in [2.75, 3.05) is 0 Å². The normalized spacial score (nSPS) is 12.5. The van der Waals surface area contributed by atoms with Crippen LogP contribution in [0.1, 0.15) is 16.0 Å². The van der Waals surface area contributed by atoms with Gasteiger partial charge in [0.15, 0.2) is 0 Å². The van der Waals surface area contributed by atoms with Gasteiger partial charge in [-0.3, -0.25) is 0 Å². The van der Waals surface area contributed by atoms with Crippen molar-refractivity contribution in [3.8, 4) is 0 Å². The third-order valence-corrected chi connectivity index (χ3v) is 4.80. The average molecular weight is 395 g/mol. The minimum Gasteiger partial charge on any atom is -0.0827 e. The first-order chi connectivity index (χ1) is 8.09. The zero-order valence-electron chi connectivity index (χ0n) is 8.63. The van der Waals surface area contributed by atoms with Gasteiger partial charge in [0.1, 0.15) is 0 Å². The van der Waals surface area contributed by atoms with Gasteiger partial charge < -0.3 is 0 Å². The van der Waals surface area contributed by atoms with E-state index in [1.54, 1.807) is 6.07 Å². The molecule has 4 heteroatoms. The Morgan fingerprint density at radius 3 is 2.24 bits per heavy atom. The van der Waals surface area contributed by atoms with Crippen LogP contribution in [0.15, 0.2) is 46.9 Å². The summed E-state index contributed by atoms with van der Waals surface area (Å²) in [5.41, 5.74) is 2.11. The Bertz CT molecular complexity index is 523. The second-order valence-corrected chi connectivity index (χ2v) is 6.17. The number of hydrogen-bond donors (Lipinski definition) is 0. The van der Waals surface area contributed by atoms with Crippen molar-refractivity contribution < 1.29 is 0 Å². The summed E-state index contributed by atoms with van der Waals surface area (Å²) in [5.74, 6) is 0. The molecule has 0 fully saturated rings. The fourth-order valence-electron chi connectivity index (χ4n) is 1.53. The topological polar surface area (TPSA) is 0 Å². The molecule has 0 saturated carbocycles. The molecule has 0 amide bonds. The third-order valence-electron chi connectivity index (χ3n) is 2.42. The fourth-order valence-corrected chi connectivity index (χ4v) is 3.03. The van der Waals surface area contributed by atoms with Crippen molar-refractivity contribution in [3.63, 3.8) is 0 Å². The van der Waals surface area contributed by atoms with Gasteiger partial charge in [0, 0.05) is 4.47 Å². The largest absolute Gasteiger partial charge is 0.0827 e. The lowest BCUT2D eigenvalue weighted by molar-refractivity contribution is 1.18. The third kappa shape index (κ3) is 3.05. The molecule has 1 unspecified atom stereocenters. The maximum atomic E-state index is 6.20. The van der Waals surface area contributed by atoms with Gasteiger partial charge in [0.25, 0.3) is 0 Å². The standard InChI is InChI=1S/C13H8Br2Cl2/c14-9-6-4-8(5-7-9)12(15)10-2-1-3-11(16)13(10)17/h1-7,12H. The molecule has 0 saturated heterocycles. The second kappa shape index (κ2) is 5.75. The van der Waals surface area contributed by atoms with Crippen molar-refractivity contribution in [3.05, 3.63) is 68.1 Å². The van der Waals surface area contributed by atoms with Gasteiger partial charge in [0.05, 0.1) is 14.9 Å². The molecule has 88 valence electrons. The monoisotopic (exact) mass is 392 g/mol. The highest BCUT2D eigenvalue weighted by molar-refractivity contribution is 9.10. The fraction of sp³-hybridized carbons (Fsp3) is 0.0769. The SMILES string of the molecule is Clc1cccc(C(Br)c2ccc(Br)cc2)c1Cl. The van der Waals surface area contributed by atoms with Crippen molar-refractivity contribution in [2.24, 2.45) is 0 Å². The first-order valence-electron chi connectivity index (χ1n) is 4.93. The first kappa shape index (κ1) is 13.4. The van der Waals surface area contributed by atoms with Crippen molar-refractivity contribution in [1.82, 2.24) is 0 Å². The quantitative estimate of drug-likeness (QED) is 0.529. The molecule has 0 N–H and O–H groups in total. The molecule has 2 aromatic rings. The van der Waals surface area contributed by atoms with Crippen LogP contribution in [0, 0.1) is 0 Å². The van der Waals surface area contributed by atoms with Crippen LogP contribution in [0.25, 0.3) is 0 Å². The van der Waals surface area contributed by atoms with Crippen LogP contribution in [0.3, 0.4) is 0 Å². The molecule has 0 aromatic heterocycles. The van der Waals surface area contributed by atoms with Crippen LogP contribution in [0.2, 0.25) is 10.0 Å². The van der Waals surface area contributed by atoms with Gasteiger partial charge in [-0.15, -0.1) is 0 Å². The van der Waals surface area contributed by atoms with Crippen LogP contribution >= 0.6 is 55.1 Å². The minimum absolute atomic E-state index is 0.0433. The van der Waals surface area contributed by atoms with E-state index < -0.39 is 0 Å². The Morgan fingerprint density at radius 1 is 0.941 bits per heavy atom. The number of rotatable bonds is 2. The summed E-state index contributed by atoms with van der Waals surface area (Å²) in [4.78, 5) is 0.0433. The summed E-state index contributed by atoms with van der Waals surface area (Å²) in [5, 5.41) is 1.17. The molecule has 0 aliphatic rings. The van der Waals surface area contributed by atoms with Crippen LogP contribution in [0.5, 0.6) is 0 Å². The van der Waals surface area contributed by atoms with Gasteiger partial charge in [0.2, 0.25) is 0 Å². The van der Waals surface area contributed by atoms with Crippen LogP contribution in [-0.4, -0.2) is 0 Å².